The van der Waals surface area contributed by atoms with Crippen LogP contribution >= 0.6 is 0 Å². The highest BCUT2D eigenvalue weighted by Crippen LogP contribution is 2.23. The number of para-hydroxylation sites is 1. The molecule has 0 bridgehead atoms. The zero-order valence-electron chi connectivity index (χ0n) is 18.0. The van der Waals surface area contributed by atoms with E-state index >= 15 is 0 Å². The Morgan fingerprint density at radius 3 is 2.45 bits per heavy atom. The highest BCUT2D eigenvalue weighted by molar-refractivity contribution is 5.92. The molecule has 10 heteroatoms. The fraction of sp³-hybridized carbons (Fsp3) is 0.174. The molecule has 0 saturated heterocycles. The first kappa shape index (κ1) is 23.2. The molecule has 1 amide bonds. The lowest BCUT2D eigenvalue weighted by atomic mass is 10.0. The van der Waals surface area contributed by atoms with Gasteiger partial charge in [-0.25, -0.2) is 4.79 Å². The highest BCUT2D eigenvalue weighted by Gasteiger charge is 2.18. The van der Waals surface area contributed by atoms with E-state index in [4.69, 9.17) is 4.74 Å². The largest absolute Gasteiger partial charge is 0.484 e. The van der Waals surface area contributed by atoms with Crippen molar-refractivity contribution >= 4 is 29.4 Å². The number of hydrogen-bond acceptors (Lipinski definition) is 6. The summed E-state index contributed by atoms with van der Waals surface area (Å²) in [6, 6.07) is 14.2. The number of aromatic amines is 2. The summed E-state index contributed by atoms with van der Waals surface area (Å²) in [6.45, 7) is 3.91. The maximum absolute atomic E-state index is 12.3. The topological polar surface area (TPSA) is 147 Å². The number of carbonyl (C=O) groups excluding carboxylic acids is 1. The third-order valence-corrected chi connectivity index (χ3v) is 4.68. The number of amides is 1. The zero-order chi connectivity index (χ0) is 24.0. The van der Waals surface area contributed by atoms with Crippen LogP contribution in [0.15, 0.2) is 58.1 Å². The summed E-state index contributed by atoms with van der Waals surface area (Å²) in [5.41, 5.74) is -0.487. The van der Waals surface area contributed by atoms with E-state index in [0.717, 1.165) is 11.3 Å². The van der Waals surface area contributed by atoms with E-state index in [-0.39, 0.29) is 24.1 Å². The Hall–Kier alpha value is -4.47. The van der Waals surface area contributed by atoms with Crippen LogP contribution in [0, 0.1) is 10.1 Å². The standard InChI is InChI=1S/C23H22N4O6/c1-14(2)17-5-3-4-6-18(17)24-20(28)13-33-16-10-7-15(8-11-16)9-12-19-21(27(31)32)22(29)26-23(30)25-19/h3-12,14H,13H2,1-2H3,(H,24,28)(H2,25,26,29,30). The van der Waals surface area contributed by atoms with Crippen molar-refractivity contribution in [1.82, 2.24) is 9.97 Å². The number of aromatic nitrogens is 2. The van der Waals surface area contributed by atoms with Gasteiger partial charge in [-0.05, 0) is 41.3 Å². The molecule has 10 nitrogen and oxygen atoms in total. The van der Waals surface area contributed by atoms with Gasteiger partial charge in [-0.3, -0.25) is 24.7 Å². The van der Waals surface area contributed by atoms with Crippen molar-refractivity contribution < 1.29 is 14.5 Å². The summed E-state index contributed by atoms with van der Waals surface area (Å²) >= 11 is 0. The third-order valence-electron chi connectivity index (χ3n) is 4.68. The molecule has 1 heterocycles. The Balaban J connectivity index is 1.64. The van der Waals surface area contributed by atoms with Gasteiger partial charge in [-0.2, -0.15) is 0 Å². The molecule has 0 aliphatic heterocycles. The van der Waals surface area contributed by atoms with Gasteiger partial charge in [0.2, 0.25) is 0 Å². The van der Waals surface area contributed by atoms with Gasteiger partial charge in [0.1, 0.15) is 11.4 Å². The molecule has 0 unspecified atom stereocenters. The molecule has 0 atom stereocenters. The average molecular weight is 450 g/mol. The van der Waals surface area contributed by atoms with Crippen LogP contribution in [-0.2, 0) is 4.79 Å². The van der Waals surface area contributed by atoms with Crippen LogP contribution < -0.4 is 21.3 Å². The molecule has 33 heavy (non-hydrogen) atoms. The smallest absolute Gasteiger partial charge is 0.357 e. The zero-order valence-corrected chi connectivity index (χ0v) is 18.0. The summed E-state index contributed by atoms with van der Waals surface area (Å²) < 4.78 is 5.52. The monoisotopic (exact) mass is 450 g/mol. The molecular weight excluding hydrogens is 428 g/mol. The number of H-pyrrole nitrogens is 2. The molecule has 0 aliphatic carbocycles. The van der Waals surface area contributed by atoms with Gasteiger partial charge in [0, 0.05) is 5.69 Å². The van der Waals surface area contributed by atoms with Crippen molar-refractivity contribution in [2.45, 2.75) is 19.8 Å². The number of ether oxygens (including phenoxy) is 1. The summed E-state index contributed by atoms with van der Waals surface area (Å²) in [5.74, 6) is 0.421. The van der Waals surface area contributed by atoms with Crippen molar-refractivity contribution in [3.8, 4) is 5.75 Å². The van der Waals surface area contributed by atoms with E-state index in [2.05, 4.69) is 10.3 Å². The van der Waals surface area contributed by atoms with Gasteiger partial charge in [-0.15, -0.1) is 0 Å². The summed E-state index contributed by atoms with van der Waals surface area (Å²) in [5, 5.41) is 13.9. The van der Waals surface area contributed by atoms with Crippen molar-refractivity contribution in [2.24, 2.45) is 0 Å². The maximum atomic E-state index is 12.3. The molecule has 0 fully saturated rings. The molecule has 1 aromatic heterocycles. The molecule has 3 N–H and O–H groups in total. The Labute approximate surface area is 188 Å². The second-order valence-corrected chi connectivity index (χ2v) is 7.41. The predicted molar refractivity (Wildman–Crippen MR) is 124 cm³/mol. The van der Waals surface area contributed by atoms with Crippen molar-refractivity contribution in [2.75, 3.05) is 11.9 Å². The van der Waals surface area contributed by atoms with E-state index in [0.29, 0.717) is 11.3 Å². The normalized spacial score (nSPS) is 11.0. The van der Waals surface area contributed by atoms with Crippen molar-refractivity contribution in [3.05, 3.63) is 96.3 Å². The summed E-state index contributed by atoms with van der Waals surface area (Å²) in [7, 11) is 0. The Kier molecular flexibility index (Phi) is 7.19. The van der Waals surface area contributed by atoms with Gasteiger partial charge in [-0.1, -0.05) is 50.3 Å². The third kappa shape index (κ3) is 6.03. The quantitative estimate of drug-likeness (QED) is 0.354. The molecule has 0 radical (unpaired) electrons. The van der Waals surface area contributed by atoms with E-state index in [9.17, 15) is 24.5 Å². The van der Waals surface area contributed by atoms with E-state index in [1.165, 1.54) is 12.2 Å². The van der Waals surface area contributed by atoms with E-state index < -0.39 is 21.9 Å². The molecule has 3 rings (SSSR count). The number of nitro groups is 1. The minimum Gasteiger partial charge on any atom is -0.484 e. The van der Waals surface area contributed by atoms with Gasteiger partial charge < -0.3 is 15.0 Å². The maximum Gasteiger partial charge on any atom is 0.357 e. The minimum absolute atomic E-state index is 0.179. The van der Waals surface area contributed by atoms with Gasteiger partial charge in [0.15, 0.2) is 6.61 Å². The van der Waals surface area contributed by atoms with Crippen LogP contribution in [0.3, 0.4) is 0 Å². The van der Waals surface area contributed by atoms with E-state index in [1.807, 2.05) is 43.1 Å². The molecule has 0 saturated carbocycles. The number of nitrogens with zero attached hydrogens (tertiary/aromatic N) is 1. The Morgan fingerprint density at radius 2 is 1.79 bits per heavy atom. The van der Waals surface area contributed by atoms with Crippen LogP contribution in [0.2, 0.25) is 0 Å². The Morgan fingerprint density at radius 1 is 1.09 bits per heavy atom. The number of rotatable bonds is 8. The summed E-state index contributed by atoms with van der Waals surface area (Å²) in [6.07, 6.45) is 2.77. The lowest BCUT2D eigenvalue weighted by Gasteiger charge is -2.14. The van der Waals surface area contributed by atoms with Crippen molar-refractivity contribution in [1.29, 1.82) is 0 Å². The number of anilines is 1. The van der Waals surface area contributed by atoms with Crippen LogP contribution in [0.25, 0.3) is 12.2 Å². The van der Waals surface area contributed by atoms with Gasteiger partial charge >= 0.3 is 16.9 Å². The van der Waals surface area contributed by atoms with Gasteiger partial charge in [0.05, 0.1) is 4.92 Å². The molecule has 2 aromatic carbocycles. The molecule has 3 aromatic rings. The van der Waals surface area contributed by atoms with Gasteiger partial charge in [0.25, 0.3) is 5.91 Å². The average Bonchev–Trinajstić information content (AvgIpc) is 2.76. The second-order valence-electron chi connectivity index (χ2n) is 7.41. The molecule has 170 valence electrons. The molecular formula is C23H22N4O6. The lowest BCUT2D eigenvalue weighted by molar-refractivity contribution is -0.386. The fourth-order valence-electron chi connectivity index (χ4n) is 3.10. The van der Waals surface area contributed by atoms with Crippen LogP contribution in [-0.4, -0.2) is 27.4 Å². The number of benzene rings is 2. The molecule has 0 aliphatic rings. The number of carbonyl (C=O) groups is 1. The Bertz CT molecular complexity index is 1310. The first-order chi connectivity index (χ1) is 15.7. The number of nitrogens with one attached hydrogen (secondary N) is 3. The summed E-state index contributed by atoms with van der Waals surface area (Å²) in [4.78, 5) is 49.6. The molecule has 0 spiro atoms. The highest BCUT2D eigenvalue weighted by atomic mass is 16.6. The number of hydrogen-bond donors (Lipinski definition) is 3. The van der Waals surface area contributed by atoms with Crippen molar-refractivity contribution in [3.63, 3.8) is 0 Å². The SMILES string of the molecule is CC(C)c1ccccc1NC(=O)COc1ccc(C=Cc2[nH]c(=O)[nH]c(=O)c2[N+](=O)[O-])cc1. The predicted octanol–water partition coefficient (Wildman–Crippen LogP) is 3.28. The minimum atomic E-state index is -1.08. The van der Waals surface area contributed by atoms with Crippen LogP contribution in [0.5, 0.6) is 5.75 Å². The van der Waals surface area contributed by atoms with Crippen LogP contribution in [0.4, 0.5) is 11.4 Å². The first-order valence-electron chi connectivity index (χ1n) is 10.1. The van der Waals surface area contributed by atoms with E-state index in [1.54, 1.807) is 24.3 Å². The van der Waals surface area contributed by atoms with Crippen LogP contribution in [0.1, 0.15) is 36.6 Å². The second kappa shape index (κ2) is 10.2. The lowest BCUT2D eigenvalue weighted by Crippen LogP contribution is -2.25. The fourth-order valence-corrected chi connectivity index (χ4v) is 3.10. The first-order valence-corrected chi connectivity index (χ1v) is 10.1.